The first kappa shape index (κ1) is 10.9. The average Bonchev–Trinajstić information content (AvgIpc) is 3.02. The first-order valence-corrected chi connectivity index (χ1v) is 5.88. The van der Waals surface area contributed by atoms with Crippen molar-refractivity contribution in [1.29, 1.82) is 0 Å². The van der Waals surface area contributed by atoms with E-state index in [4.69, 9.17) is 4.84 Å². The molecule has 2 rings (SSSR count). The van der Waals surface area contributed by atoms with Crippen molar-refractivity contribution in [1.82, 2.24) is 5.48 Å². The highest BCUT2D eigenvalue weighted by Gasteiger charge is 2.23. The number of nitrogens with one attached hydrogen (secondary N) is 1. The Kier molecular flexibility index (Phi) is 3.61. The van der Waals surface area contributed by atoms with Gasteiger partial charge in [-0.2, -0.15) is 5.48 Å². The van der Waals surface area contributed by atoms with Gasteiger partial charge >= 0.3 is 0 Å². The van der Waals surface area contributed by atoms with Gasteiger partial charge in [0.05, 0.1) is 7.11 Å². The lowest BCUT2D eigenvalue weighted by Gasteiger charge is -2.05. The Labute approximate surface area is 93.2 Å². The van der Waals surface area contributed by atoms with Gasteiger partial charge in [-0.3, -0.25) is 0 Å². The van der Waals surface area contributed by atoms with Crippen molar-refractivity contribution in [3.05, 3.63) is 29.6 Å². The second-order valence-corrected chi connectivity index (χ2v) is 4.95. The third-order valence-corrected chi connectivity index (χ3v) is 3.62. The summed E-state index contributed by atoms with van der Waals surface area (Å²) in [6.07, 6.45) is 2.44. The molecule has 0 amide bonds. The largest absolute Gasteiger partial charge is 0.305 e. The number of halogens is 1. The van der Waals surface area contributed by atoms with Gasteiger partial charge < -0.3 is 4.84 Å². The van der Waals surface area contributed by atoms with Crippen molar-refractivity contribution in [2.75, 3.05) is 7.11 Å². The summed E-state index contributed by atoms with van der Waals surface area (Å²) in [6.45, 7) is 0.530. The third-order valence-electron chi connectivity index (χ3n) is 2.23. The summed E-state index contributed by atoms with van der Waals surface area (Å²) in [6, 6.07) is 5.35. The number of rotatable bonds is 5. The Balaban J connectivity index is 2.00. The molecule has 0 bridgehead atoms. The molecule has 82 valence electrons. The SMILES string of the molecule is CONCc1ccc(SC2CC2)c(F)c1. The molecule has 1 N–H and O–H groups in total. The van der Waals surface area contributed by atoms with E-state index in [1.54, 1.807) is 24.9 Å². The topological polar surface area (TPSA) is 21.3 Å². The second kappa shape index (κ2) is 4.96. The summed E-state index contributed by atoms with van der Waals surface area (Å²) in [5, 5.41) is 0.641. The van der Waals surface area contributed by atoms with Crippen molar-refractivity contribution in [3.8, 4) is 0 Å². The molecule has 1 aromatic rings. The van der Waals surface area contributed by atoms with Gasteiger partial charge in [0.1, 0.15) is 5.82 Å². The zero-order valence-electron chi connectivity index (χ0n) is 8.63. The summed E-state index contributed by atoms with van der Waals surface area (Å²) >= 11 is 1.64. The van der Waals surface area contributed by atoms with Crippen LogP contribution in [0.4, 0.5) is 4.39 Å². The molecule has 0 heterocycles. The van der Waals surface area contributed by atoms with Crippen molar-refractivity contribution in [2.24, 2.45) is 0 Å². The van der Waals surface area contributed by atoms with Crippen LogP contribution in [-0.4, -0.2) is 12.4 Å². The fourth-order valence-corrected chi connectivity index (χ4v) is 2.32. The van der Waals surface area contributed by atoms with E-state index in [0.29, 0.717) is 11.8 Å². The van der Waals surface area contributed by atoms with E-state index in [0.717, 1.165) is 10.5 Å². The lowest BCUT2D eigenvalue weighted by molar-refractivity contribution is 0.0866. The smallest absolute Gasteiger partial charge is 0.137 e. The fraction of sp³-hybridized carbons (Fsp3) is 0.455. The molecule has 0 spiro atoms. The Morgan fingerprint density at radius 3 is 2.93 bits per heavy atom. The Bertz CT molecular complexity index is 341. The lowest BCUT2D eigenvalue weighted by atomic mass is 10.2. The van der Waals surface area contributed by atoms with E-state index in [9.17, 15) is 4.39 Å². The normalized spacial score (nSPS) is 15.6. The molecule has 1 aliphatic rings. The molecule has 0 atom stereocenters. The van der Waals surface area contributed by atoms with Crippen molar-refractivity contribution in [3.63, 3.8) is 0 Å². The van der Waals surface area contributed by atoms with E-state index in [1.807, 2.05) is 12.1 Å². The van der Waals surface area contributed by atoms with Crippen LogP contribution in [0.3, 0.4) is 0 Å². The van der Waals surface area contributed by atoms with Gasteiger partial charge in [-0.1, -0.05) is 6.07 Å². The Hall–Kier alpha value is -0.580. The fourth-order valence-electron chi connectivity index (χ4n) is 1.27. The van der Waals surface area contributed by atoms with Gasteiger partial charge in [0.2, 0.25) is 0 Å². The van der Waals surface area contributed by atoms with Crippen molar-refractivity contribution >= 4 is 11.8 Å². The first-order valence-electron chi connectivity index (χ1n) is 5.00. The van der Waals surface area contributed by atoms with Gasteiger partial charge in [-0.05, 0) is 30.5 Å². The van der Waals surface area contributed by atoms with E-state index in [2.05, 4.69) is 5.48 Å². The van der Waals surface area contributed by atoms with Crippen LogP contribution in [0.1, 0.15) is 18.4 Å². The molecule has 1 aromatic carbocycles. The number of hydroxylamine groups is 1. The van der Waals surface area contributed by atoms with Crippen LogP contribution in [0.15, 0.2) is 23.1 Å². The van der Waals surface area contributed by atoms with Crippen LogP contribution in [0.25, 0.3) is 0 Å². The molecule has 0 aromatic heterocycles. The maximum atomic E-state index is 13.6. The predicted octanol–water partition coefficient (Wildman–Crippen LogP) is 2.73. The van der Waals surface area contributed by atoms with Gasteiger partial charge in [-0.25, -0.2) is 4.39 Å². The van der Waals surface area contributed by atoms with E-state index in [-0.39, 0.29) is 5.82 Å². The summed E-state index contributed by atoms with van der Waals surface area (Å²) in [4.78, 5) is 5.48. The van der Waals surface area contributed by atoms with Crippen LogP contribution in [0.2, 0.25) is 0 Å². The summed E-state index contributed by atoms with van der Waals surface area (Å²) < 4.78 is 13.6. The quantitative estimate of drug-likeness (QED) is 0.781. The molecule has 0 unspecified atom stereocenters. The second-order valence-electron chi connectivity index (χ2n) is 3.61. The highest BCUT2D eigenvalue weighted by Crippen LogP contribution is 2.40. The maximum absolute atomic E-state index is 13.6. The zero-order valence-corrected chi connectivity index (χ0v) is 9.44. The van der Waals surface area contributed by atoms with E-state index >= 15 is 0 Å². The minimum atomic E-state index is -0.123. The molecular formula is C11H14FNOS. The molecule has 1 aliphatic carbocycles. The number of hydrogen-bond acceptors (Lipinski definition) is 3. The minimum absolute atomic E-state index is 0.123. The van der Waals surface area contributed by atoms with Crippen molar-refractivity contribution < 1.29 is 9.23 Å². The van der Waals surface area contributed by atoms with Gasteiger partial charge in [-0.15, -0.1) is 11.8 Å². The van der Waals surface area contributed by atoms with Crippen LogP contribution < -0.4 is 5.48 Å². The van der Waals surface area contributed by atoms with E-state index in [1.165, 1.54) is 12.8 Å². The Morgan fingerprint density at radius 1 is 1.53 bits per heavy atom. The summed E-state index contributed by atoms with van der Waals surface area (Å²) in [5.41, 5.74) is 3.59. The monoisotopic (exact) mass is 227 g/mol. The molecule has 0 radical (unpaired) electrons. The molecule has 0 aliphatic heterocycles. The van der Waals surface area contributed by atoms with Crippen LogP contribution >= 0.6 is 11.8 Å². The zero-order chi connectivity index (χ0) is 10.7. The number of benzene rings is 1. The van der Waals surface area contributed by atoms with Gasteiger partial charge in [0.25, 0.3) is 0 Å². The number of thioether (sulfide) groups is 1. The van der Waals surface area contributed by atoms with Crippen LogP contribution in [0, 0.1) is 5.82 Å². The molecule has 4 heteroatoms. The molecule has 1 saturated carbocycles. The summed E-state index contributed by atoms with van der Waals surface area (Å²) in [5.74, 6) is -0.123. The van der Waals surface area contributed by atoms with Gasteiger partial charge in [0, 0.05) is 16.7 Å². The molecule has 2 nitrogen and oxygen atoms in total. The van der Waals surface area contributed by atoms with Gasteiger partial charge in [0.15, 0.2) is 0 Å². The lowest BCUT2D eigenvalue weighted by Crippen LogP contribution is -2.10. The predicted molar refractivity (Wildman–Crippen MR) is 59.1 cm³/mol. The summed E-state index contributed by atoms with van der Waals surface area (Å²) in [7, 11) is 1.55. The molecular weight excluding hydrogens is 213 g/mol. The maximum Gasteiger partial charge on any atom is 0.137 e. The van der Waals surface area contributed by atoms with Crippen molar-refractivity contribution in [2.45, 2.75) is 29.5 Å². The first-order chi connectivity index (χ1) is 7.29. The minimum Gasteiger partial charge on any atom is -0.305 e. The highest BCUT2D eigenvalue weighted by molar-refractivity contribution is 8.00. The molecule has 0 saturated heterocycles. The highest BCUT2D eigenvalue weighted by atomic mass is 32.2. The molecule has 1 fully saturated rings. The molecule has 15 heavy (non-hydrogen) atoms. The van der Waals surface area contributed by atoms with Crippen LogP contribution in [-0.2, 0) is 11.4 Å². The number of hydrogen-bond donors (Lipinski definition) is 1. The van der Waals surface area contributed by atoms with Crippen LogP contribution in [0.5, 0.6) is 0 Å². The third kappa shape index (κ3) is 3.19. The Morgan fingerprint density at radius 2 is 2.33 bits per heavy atom. The standard InChI is InChI=1S/C11H14FNOS/c1-14-13-7-8-2-5-11(10(12)6-8)15-9-3-4-9/h2,5-6,9,13H,3-4,7H2,1H3. The average molecular weight is 227 g/mol. The van der Waals surface area contributed by atoms with E-state index < -0.39 is 0 Å².